The predicted molar refractivity (Wildman–Crippen MR) is 107 cm³/mol. The molecule has 0 aliphatic carbocycles. The second-order valence-electron chi connectivity index (χ2n) is 7.10. The van der Waals surface area contributed by atoms with E-state index in [2.05, 4.69) is 16.0 Å². The van der Waals surface area contributed by atoms with Crippen LogP contribution in [-0.2, 0) is 12.8 Å². The Kier molecular flexibility index (Phi) is 4.93. The van der Waals surface area contributed by atoms with Gasteiger partial charge in [0.25, 0.3) is 5.91 Å². The number of aliphatic hydroxyl groups excluding tert-OH is 1. The molecule has 1 saturated heterocycles. The van der Waals surface area contributed by atoms with Crippen LogP contribution in [0.2, 0.25) is 0 Å². The lowest BCUT2D eigenvalue weighted by atomic mass is 9.94. The van der Waals surface area contributed by atoms with Crippen molar-refractivity contribution in [2.45, 2.75) is 32.8 Å². The van der Waals surface area contributed by atoms with Crippen LogP contribution in [0.15, 0.2) is 36.5 Å². The highest BCUT2D eigenvalue weighted by molar-refractivity contribution is 7.13. The van der Waals surface area contributed by atoms with E-state index in [1.807, 2.05) is 44.3 Å². The van der Waals surface area contributed by atoms with E-state index in [4.69, 9.17) is 0 Å². The number of β-amino-alcohol motifs (C(OH)–C–C–N with tert-alkyl or cyclic N) is 1. The zero-order valence-electron chi connectivity index (χ0n) is 15.6. The molecule has 1 aliphatic rings. The summed E-state index contributed by atoms with van der Waals surface area (Å²) in [6.45, 7) is 4.87. The van der Waals surface area contributed by atoms with Crippen molar-refractivity contribution in [3.05, 3.63) is 57.7 Å². The fourth-order valence-electron chi connectivity index (χ4n) is 3.78. The molecule has 0 unspecified atom stereocenters. The molecule has 1 fully saturated rings. The summed E-state index contributed by atoms with van der Waals surface area (Å²) in [5.74, 6) is 0.0180. The number of para-hydroxylation sites is 1. The average Bonchev–Trinajstić information content (AvgIpc) is 3.24. The molecule has 0 saturated carbocycles. The summed E-state index contributed by atoms with van der Waals surface area (Å²) in [5, 5.41) is 12.7. The summed E-state index contributed by atoms with van der Waals surface area (Å²) in [4.78, 5) is 24.3. The van der Waals surface area contributed by atoms with Crippen molar-refractivity contribution in [1.82, 2.24) is 14.9 Å². The second-order valence-corrected chi connectivity index (χ2v) is 8.19. The molecule has 6 heteroatoms. The number of thiazole rings is 1. The Morgan fingerprint density at radius 2 is 2.11 bits per heavy atom. The van der Waals surface area contributed by atoms with Crippen molar-refractivity contribution in [2.24, 2.45) is 5.92 Å². The minimum atomic E-state index is -0.514. The molecule has 1 aliphatic heterocycles. The Morgan fingerprint density at radius 1 is 1.30 bits per heavy atom. The van der Waals surface area contributed by atoms with Crippen LogP contribution < -0.4 is 0 Å². The van der Waals surface area contributed by atoms with Crippen molar-refractivity contribution in [2.75, 3.05) is 13.1 Å². The number of hydrogen-bond donors (Lipinski definition) is 1. The van der Waals surface area contributed by atoms with Crippen molar-refractivity contribution in [3.63, 3.8) is 0 Å². The van der Waals surface area contributed by atoms with Crippen LogP contribution in [0.3, 0.4) is 0 Å². The molecule has 4 rings (SSSR count). The van der Waals surface area contributed by atoms with Crippen LogP contribution >= 0.6 is 11.3 Å². The Hall–Kier alpha value is -2.31. The first-order chi connectivity index (χ1) is 13.1. The van der Waals surface area contributed by atoms with Gasteiger partial charge in [-0.15, -0.1) is 11.3 Å². The second kappa shape index (κ2) is 7.37. The van der Waals surface area contributed by atoms with E-state index in [0.717, 1.165) is 34.4 Å². The number of nitrogens with zero attached hydrogens (tertiary/aromatic N) is 3. The Labute approximate surface area is 162 Å². The maximum atomic E-state index is 12.9. The number of carbonyl (C=O) groups excluding carboxylic acids is 1. The average molecular weight is 382 g/mol. The SMILES string of the molecule is CCc1nc(C)c(C(=O)N2C[C@@H](Cc3ccnc4ccccc34)[C@@H](O)C2)s1. The van der Waals surface area contributed by atoms with Crippen LogP contribution in [0, 0.1) is 12.8 Å². The number of likely N-dealkylation sites (tertiary alicyclic amines) is 1. The van der Waals surface area contributed by atoms with Crippen molar-refractivity contribution in [1.29, 1.82) is 0 Å². The van der Waals surface area contributed by atoms with Gasteiger partial charge < -0.3 is 10.0 Å². The van der Waals surface area contributed by atoms with Gasteiger partial charge in [-0.25, -0.2) is 4.98 Å². The molecule has 1 aromatic carbocycles. The van der Waals surface area contributed by atoms with E-state index in [9.17, 15) is 9.90 Å². The number of benzene rings is 1. The third-order valence-corrected chi connectivity index (χ3v) is 6.54. The van der Waals surface area contributed by atoms with Gasteiger partial charge in [0.05, 0.1) is 22.3 Å². The van der Waals surface area contributed by atoms with E-state index in [0.29, 0.717) is 18.0 Å². The van der Waals surface area contributed by atoms with Crippen LogP contribution in [0.4, 0.5) is 0 Å². The number of pyridine rings is 1. The van der Waals surface area contributed by atoms with Crippen LogP contribution in [0.25, 0.3) is 10.9 Å². The minimum absolute atomic E-state index is 0.00848. The monoisotopic (exact) mass is 381 g/mol. The third-order valence-electron chi connectivity index (χ3n) is 5.25. The quantitative estimate of drug-likeness (QED) is 0.753. The lowest BCUT2D eigenvalue weighted by Crippen LogP contribution is -2.29. The number of amides is 1. The highest BCUT2D eigenvalue weighted by Crippen LogP contribution is 2.28. The summed E-state index contributed by atoms with van der Waals surface area (Å²) >= 11 is 1.47. The summed E-state index contributed by atoms with van der Waals surface area (Å²) in [5.41, 5.74) is 2.92. The smallest absolute Gasteiger partial charge is 0.265 e. The Morgan fingerprint density at radius 3 is 2.89 bits per heavy atom. The molecule has 3 heterocycles. The molecule has 1 N–H and O–H groups in total. The molecular formula is C21H23N3O2S. The van der Waals surface area contributed by atoms with Crippen LogP contribution in [0.1, 0.15) is 32.9 Å². The minimum Gasteiger partial charge on any atom is -0.391 e. The molecule has 3 aromatic rings. The van der Waals surface area contributed by atoms with Gasteiger partial charge in [-0.2, -0.15) is 0 Å². The highest BCUT2D eigenvalue weighted by atomic mass is 32.1. The van der Waals surface area contributed by atoms with Crippen molar-refractivity contribution >= 4 is 28.1 Å². The Balaban J connectivity index is 1.53. The maximum Gasteiger partial charge on any atom is 0.265 e. The van der Waals surface area contributed by atoms with Crippen molar-refractivity contribution < 1.29 is 9.90 Å². The van der Waals surface area contributed by atoms with Gasteiger partial charge in [0.15, 0.2) is 0 Å². The van der Waals surface area contributed by atoms with E-state index in [1.54, 1.807) is 4.90 Å². The first kappa shape index (κ1) is 18.1. The fourth-order valence-corrected chi connectivity index (χ4v) is 4.75. The summed E-state index contributed by atoms with van der Waals surface area (Å²) in [6, 6.07) is 10.1. The number of rotatable bonds is 4. The number of fused-ring (bicyclic) bond motifs is 1. The first-order valence-electron chi connectivity index (χ1n) is 9.33. The topological polar surface area (TPSA) is 66.3 Å². The fraction of sp³-hybridized carbons (Fsp3) is 0.381. The van der Waals surface area contributed by atoms with Crippen LogP contribution in [-0.4, -0.2) is 45.1 Å². The highest BCUT2D eigenvalue weighted by Gasteiger charge is 2.35. The van der Waals surface area contributed by atoms with Gasteiger partial charge >= 0.3 is 0 Å². The predicted octanol–water partition coefficient (Wildman–Crippen LogP) is 3.24. The van der Waals surface area contributed by atoms with Gasteiger partial charge in [-0.05, 0) is 37.5 Å². The summed E-state index contributed by atoms with van der Waals surface area (Å²) < 4.78 is 0. The summed E-state index contributed by atoms with van der Waals surface area (Å²) in [7, 11) is 0. The standard InChI is InChI=1S/C21H23N3O2S/c1-3-19-23-13(2)20(27-19)21(26)24-11-15(18(25)12-24)10-14-8-9-22-17-7-5-4-6-16(14)17/h4-9,15,18,25H,3,10-12H2,1-2H3/t15-,18+/m1/s1. The first-order valence-corrected chi connectivity index (χ1v) is 10.1. The van der Waals surface area contributed by atoms with E-state index >= 15 is 0 Å². The lowest BCUT2D eigenvalue weighted by molar-refractivity contribution is 0.0768. The molecule has 0 spiro atoms. The lowest BCUT2D eigenvalue weighted by Gasteiger charge is -2.16. The molecule has 140 valence electrons. The molecule has 0 bridgehead atoms. The molecular weight excluding hydrogens is 358 g/mol. The normalized spacial score (nSPS) is 19.7. The molecule has 5 nitrogen and oxygen atoms in total. The number of carbonyl (C=O) groups is 1. The molecule has 1 amide bonds. The van der Waals surface area contributed by atoms with Gasteiger partial charge in [0.2, 0.25) is 0 Å². The van der Waals surface area contributed by atoms with E-state index in [1.165, 1.54) is 16.9 Å². The van der Waals surface area contributed by atoms with Gasteiger partial charge in [-0.3, -0.25) is 9.78 Å². The largest absolute Gasteiger partial charge is 0.391 e. The maximum absolute atomic E-state index is 12.9. The van der Waals surface area contributed by atoms with Gasteiger partial charge in [-0.1, -0.05) is 25.1 Å². The van der Waals surface area contributed by atoms with E-state index in [-0.39, 0.29) is 11.8 Å². The third kappa shape index (κ3) is 3.47. The zero-order valence-corrected chi connectivity index (χ0v) is 16.4. The Bertz CT molecular complexity index is 979. The molecule has 2 aromatic heterocycles. The van der Waals surface area contributed by atoms with Crippen molar-refractivity contribution in [3.8, 4) is 0 Å². The van der Waals surface area contributed by atoms with Gasteiger partial charge in [0.1, 0.15) is 4.88 Å². The molecule has 27 heavy (non-hydrogen) atoms. The molecule has 2 atom stereocenters. The number of aryl methyl sites for hydroxylation is 2. The summed E-state index contributed by atoms with van der Waals surface area (Å²) in [6.07, 6.45) is 2.86. The van der Waals surface area contributed by atoms with Crippen LogP contribution in [0.5, 0.6) is 0 Å². The van der Waals surface area contributed by atoms with E-state index < -0.39 is 6.10 Å². The zero-order chi connectivity index (χ0) is 19.0. The van der Waals surface area contributed by atoms with Gasteiger partial charge in [0, 0.05) is 30.6 Å². The number of aliphatic hydroxyl groups is 1. The number of hydrogen-bond acceptors (Lipinski definition) is 5. The molecule has 0 radical (unpaired) electrons. The number of aromatic nitrogens is 2.